The number of ether oxygens (including phenoxy) is 1. The molecule has 1 N–H and O–H groups in total. The predicted octanol–water partition coefficient (Wildman–Crippen LogP) is 3.05. The van der Waals surface area contributed by atoms with E-state index in [-0.39, 0.29) is 0 Å². The van der Waals surface area contributed by atoms with E-state index in [9.17, 15) is 8.78 Å². The van der Waals surface area contributed by atoms with Gasteiger partial charge in [-0.1, -0.05) is 30.3 Å². The Morgan fingerprint density at radius 3 is 2.89 bits per heavy atom. The molecule has 0 fully saturated rings. The molecule has 0 saturated heterocycles. The van der Waals surface area contributed by atoms with Crippen LogP contribution in [0.2, 0.25) is 0 Å². The van der Waals surface area contributed by atoms with E-state index in [1.807, 2.05) is 24.3 Å². The summed E-state index contributed by atoms with van der Waals surface area (Å²) in [5.74, 6) is -0.656. The number of hydrogen-bond acceptors (Lipinski definition) is 2. The van der Waals surface area contributed by atoms with Gasteiger partial charge in [0.05, 0.1) is 6.61 Å². The van der Waals surface area contributed by atoms with Crippen LogP contribution in [0.1, 0.15) is 17.5 Å². The molecule has 1 unspecified atom stereocenters. The Morgan fingerprint density at radius 1 is 1.39 bits per heavy atom. The lowest BCUT2D eigenvalue weighted by atomic mass is 9.96. The highest BCUT2D eigenvalue weighted by molar-refractivity contribution is 5.67. The molecular formula is C14H17F2NO. The van der Waals surface area contributed by atoms with Crippen molar-refractivity contribution in [2.24, 2.45) is 5.92 Å². The van der Waals surface area contributed by atoms with Gasteiger partial charge in [-0.15, -0.1) is 0 Å². The minimum atomic E-state index is -2.29. The first kappa shape index (κ1) is 13.0. The summed E-state index contributed by atoms with van der Waals surface area (Å²) in [6, 6.07) is 7.71. The lowest BCUT2D eigenvalue weighted by Crippen LogP contribution is -2.26. The Labute approximate surface area is 106 Å². The van der Waals surface area contributed by atoms with Gasteiger partial charge in [0.1, 0.15) is 0 Å². The highest BCUT2D eigenvalue weighted by Gasteiger charge is 2.23. The van der Waals surface area contributed by atoms with E-state index < -0.39 is 12.3 Å². The van der Waals surface area contributed by atoms with Crippen molar-refractivity contribution in [3.8, 4) is 0 Å². The Hall–Kier alpha value is -1.42. The molecule has 18 heavy (non-hydrogen) atoms. The second kappa shape index (κ2) is 5.96. The Morgan fingerprint density at radius 2 is 2.17 bits per heavy atom. The van der Waals surface area contributed by atoms with Gasteiger partial charge >= 0.3 is 0 Å². The SMILES string of the molecule is COCc1ccccc1C1=CC(C(F)F)CCN1. The first-order valence-corrected chi connectivity index (χ1v) is 6.03. The summed E-state index contributed by atoms with van der Waals surface area (Å²) in [6.07, 6.45) is -0.173. The van der Waals surface area contributed by atoms with Crippen molar-refractivity contribution in [3.63, 3.8) is 0 Å². The molecule has 0 aliphatic carbocycles. The number of nitrogens with one attached hydrogen (secondary N) is 1. The van der Waals surface area contributed by atoms with Gasteiger partial charge in [0, 0.05) is 30.8 Å². The summed E-state index contributed by atoms with van der Waals surface area (Å²) in [4.78, 5) is 0. The minimum absolute atomic E-state index is 0.480. The first-order chi connectivity index (χ1) is 8.72. The van der Waals surface area contributed by atoms with Crippen molar-refractivity contribution in [3.05, 3.63) is 41.5 Å². The number of benzene rings is 1. The van der Waals surface area contributed by atoms with E-state index in [4.69, 9.17) is 4.74 Å². The quantitative estimate of drug-likeness (QED) is 0.890. The van der Waals surface area contributed by atoms with E-state index >= 15 is 0 Å². The van der Waals surface area contributed by atoms with Crippen LogP contribution < -0.4 is 5.32 Å². The molecule has 0 amide bonds. The number of allylic oxidation sites excluding steroid dienone is 1. The topological polar surface area (TPSA) is 21.3 Å². The number of rotatable bonds is 4. The monoisotopic (exact) mass is 253 g/mol. The van der Waals surface area contributed by atoms with E-state index in [0.717, 1.165) is 16.8 Å². The van der Waals surface area contributed by atoms with Crippen LogP contribution >= 0.6 is 0 Å². The van der Waals surface area contributed by atoms with Crippen LogP contribution in [-0.2, 0) is 11.3 Å². The molecule has 0 aromatic heterocycles. The summed E-state index contributed by atoms with van der Waals surface area (Å²) in [5, 5.41) is 3.19. The Balaban J connectivity index is 2.30. The van der Waals surface area contributed by atoms with Gasteiger partial charge in [-0.05, 0) is 12.0 Å². The van der Waals surface area contributed by atoms with Crippen molar-refractivity contribution in [1.82, 2.24) is 5.32 Å². The van der Waals surface area contributed by atoms with Crippen LogP contribution in [0.3, 0.4) is 0 Å². The van der Waals surface area contributed by atoms with Gasteiger partial charge in [-0.25, -0.2) is 8.78 Å². The third-order valence-corrected chi connectivity index (χ3v) is 3.10. The van der Waals surface area contributed by atoms with Crippen LogP contribution in [0.4, 0.5) is 8.78 Å². The second-order valence-electron chi connectivity index (χ2n) is 4.38. The van der Waals surface area contributed by atoms with Gasteiger partial charge in [0.2, 0.25) is 6.43 Å². The molecule has 4 heteroatoms. The van der Waals surface area contributed by atoms with Gasteiger partial charge < -0.3 is 10.1 Å². The van der Waals surface area contributed by atoms with Crippen LogP contribution in [-0.4, -0.2) is 20.1 Å². The molecule has 1 aliphatic rings. The van der Waals surface area contributed by atoms with Gasteiger partial charge in [-0.2, -0.15) is 0 Å². The number of alkyl halides is 2. The van der Waals surface area contributed by atoms with Crippen molar-refractivity contribution in [1.29, 1.82) is 0 Å². The Kier molecular flexibility index (Phi) is 4.31. The largest absolute Gasteiger partial charge is 0.385 e. The second-order valence-corrected chi connectivity index (χ2v) is 4.38. The molecule has 0 bridgehead atoms. The maximum absolute atomic E-state index is 12.8. The fourth-order valence-corrected chi connectivity index (χ4v) is 2.18. The lowest BCUT2D eigenvalue weighted by molar-refractivity contribution is 0.0946. The Bertz CT molecular complexity index is 432. The molecular weight excluding hydrogens is 236 g/mol. The molecule has 0 saturated carbocycles. The third kappa shape index (κ3) is 2.88. The summed E-state index contributed by atoms with van der Waals surface area (Å²) < 4.78 is 30.7. The minimum Gasteiger partial charge on any atom is -0.385 e. The normalized spacial score (nSPS) is 19.6. The van der Waals surface area contributed by atoms with E-state index in [2.05, 4.69) is 5.32 Å². The van der Waals surface area contributed by atoms with E-state index in [0.29, 0.717) is 19.6 Å². The summed E-state index contributed by atoms with van der Waals surface area (Å²) in [5.41, 5.74) is 2.75. The molecule has 2 nitrogen and oxygen atoms in total. The molecule has 1 aromatic rings. The first-order valence-electron chi connectivity index (χ1n) is 6.03. The maximum atomic E-state index is 12.8. The summed E-state index contributed by atoms with van der Waals surface area (Å²) >= 11 is 0. The zero-order valence-electron chi connectivity index (χ0n) is 10.3. The average molecular weight is 253 g/mol. The lowest BCUT2D eigenvalue weighted by Gasteiger charge is -2.23. The number of methoxy groups -OCH3 is 1. The maximum Gasteiger partial charge on any atom is 0.244 e. The average Bonchev–Trinajstić information content (AvgIpc) is 2.40. The number of halogens is 2. The number of hydrogen-bond donors (Lipinski definition) is 1. The third-order valence-electron chi connectivity index (χ3n) is 3.10. The van der Waals surface area contributed by atoms with Crippen LogP contribution in [0.15, 0.2) is 30.3 Å². The zero-order chi connectivity index (χ0) is 13.0. The standard InChI is InChI=1S/C14H17F2NO/c1-18-9-11-4-2-3-5-12(11)13-8-10(14(15)16)6-7-17-13/h2-5,8,10,14,17H,6-7,9H2,1H3. The molecule has 0 spiro atoms. The fourth-order valence-electron chi connectivity index (χ4n) is 2.18. The van der Waals surface area contributed by atoms with Crippen molar-refractivity contribution in [2.75, 3.05) is 13.7 Å². The summed E-state index contributed by atoms with van der Waals surface area (Å²) in [7, 11) is 1.63. The van der Waals surface area contributed by atoms with Crippen molar-refractivity contribution >= 4 is 5.70 Å². The fraction of sp³-hybridized carbons (Fsp3) is 0.429. The van der Waals surface area contributed by atoms with Gasteiger partial charge in [0.15, 0.2) is 0 Å². The van der Waals surface area contributed by atoms with Crippen LogP contribution in [0.25, 0.3) is 5.70 Å². The highest BCUT2D eigenvalue weighted by atomic mass is 19.3. The molecule has 2 rings (SSSR count). The predicted molar refractivity (Wildman–Crippen MR) is 67.2 cm³/mol. The molecule has 1 atom stereocenters. The van der Waals surface area contributed by atoms with E-state index in [1.165, 1.54) is 0 Å². The zero-order valence-corrected chi connectivity index (χ0v) is 10.3. The molecule has 1 aromatic carbocycles. The molecule has 98 valence electrons. The summed E-state index contributed by atoms with van der Waals surface area (Å²) in [6.45, 7) is 1.07. The van der Waals surface area contributed by atoms with Gasteiger partial charge in [-0.3, -0.25) is 0 Å². The van der Waals surface area contributed by atoms with Crippen molar-refractivity contribution in [2.45, 2.75) is 19.5 Å². The molecule has 1 heterocycles. The van der Waals surface area contributed by atoms with E-state index in [1.54, 1.807) is 13.2 Å². The highest BCUT2D eigenvalue weighted by Crippen LogP contribution is 2.26. The smallest absolute Gasteiger partial charge is 0.244 e. The molecule has 1 aliphatic heterocycles. The van der Waals surface area contributed by atoms with Crippen LogP contribution in [0.5, 0.6) is 0 Å². The van der Waals surface area contributed by atoms with Crippen molar-refractivity contribution < 1.29 is 13.5 Å². The van der Waals surface area contributed by atoms with Gasteiger partial charge in [0.25, 0.3) is 0 Å². The molecule has 0 radical (unpaired) electrons. The van der Waals surface area contributed by atoms with Crippen LogP contribution in [0, 0.1) is 5.92 Å².